The van der Waals surface area contributed by atoms with Gasteiger partial charge in [0, 0.05) is 11.1 Å². The average molecular weight is 417 g/mol. The number of thiazole rings is 1. The summed E-state index contributed by atoms with van der Waals surface area (Å²) in [6.07, 6.45) is 6.41. The van der Waals surface area contributed by atoms with Crippen molar-refractivity contribution in [3.8, 4) is 5.75 Å². The third kappa shape index (κ3) is 4.48. The van der Waals surface area contributed by atoms with Gasteiger partial charge < -0.3 is 14.5 Å². The highest BCUT2D eigenvalue weighted by Gasteiger charge is 2.13. The van der Waals surface area contributed by atoms with Crippen LogP contribution in [0.2, 0.25) is 0 Å². The van der Waals surface area contributed by atoms with Crippen LogP contribution in [0.4, 0.5) is 5.13 Å². The van der Waals surface area contributed by atoms with E-state index in [-0.39, 0.29) is 23.9 Å². The summed E-state index contributed by atoms with van der Waals surface area (Å²) in [5.41, 5.74) is 2.76. The zero-order chi connectivity index (χ0) is 19.5. The summed E-state index contributed by atoms with van der Waals surface area (Å²) >= 11 is 6.57. The highest BCUT2D eigenvalue weighted by Crippen LogP contribution is 2.25. The smallest absolute Gasteiger partial charge is 0.287 e. The minimum absolute atomic E-state index is 0.0419. The maximum absolute atomic E-state index is 12.1. The van der Waals surface area contributed by atoms with E-state index in [1.807, 2.05) is 13.0 Å². The van der Waals surface area contributed by atoms with Gasteiger partial charge in [0.15, 0.2) is 11.7 Å². The van der Waals surface area contributed by atoms with Gasteiger partial charge in [0.05, 0.1) is 0 Å². The number of carbonyl (C=O) groups is 1. The Morgan fingerprint density at radius 3 is 2.96 bits per heavy atom. The number of rotatable bonds is 6. The molecule has 0 atom stereocenters. The summed E-state index contributed by atoms with van der Waals surface area (Å²) in [4.78, 5) is 17.4. The van der Waals surface area contributed by atoms with Crippen LogP contribution in [0.5, 0.6) is 5.75 Å². The van der Waals surface area contributed by atoms with E-state index in [2.05, 4.69) is 27.5 Å². The summed E-state index contributed by atoms with van der Waals surface area (Å²) in [5, 5.41) is 7.51. The molecule has 1 aromatic carbocycles. The van der Waals surface area contributed by atoms with E-state index < -0.39 is 0 Å². The molecular weight excluding hydrogens is 396 g/mol. The Balaban J connectivity index is 1.36. The number of ether oxygens (including phenoxy) is 1. The molecule has 2 heterocycles. The summed E-state index contributed by atoms with van der Waals surface area (Å²) < 4.78 is 12.6. The molecule has 1 N–H and O–H groups in total. The molecule has 1 amide bonds. The molecule has 9 heteroatoms. The van der Waals surface area contributed by atoms with Crippen molar-refractivity contribution in [2.45, 2.75) is 45.8 Å². The number of aryl methyl sites for hydroxylation is 3. The molecule has 1 aliphatic carbocycles. The van der Waals surface area contributed by atoms with Crippen LogP contribution >= 0.6 is 23.6 Å². The van der Waals surface area contributed by atoms with Crippen molar-refractivity contribution in [3.63, 3.8) is 0 Å². The quantitative estimate of drug-likeness (QED) is 0.610. The minimum Gasteiger partial charge on any atom is -0.484 e. The van der Waals surface area contributed by atoms with Gasteiger partial charge in [-0.3, -0.25) is 4.79 Å². The number of hydrogen-bond donors (Lipinski definition) is 1. The maximum atomic E-state index is 12.1. The van der Waals surface area contributed by atoms with Gasteiger partial charge >= 0.3 is 0 Å². The summed E-state index contributed by atoms with van der Waals surface area (Å²) in [5.74, 6) is 0.856. The van der Waals surface area contributed by atoms with Gasteiger partial charge in [-0.2, -0.15) is 0 Å². The molecule has 146 valence electrons. The molecule has 0 radical (unpaired) electrons. The van der Waals surface area contributed by atoms with Crippen molar-refractivity contribution in [3.05, 3.63) is 51.1 Å². The molecule has 0 saturated heterocycles. The largest absolute Gasteiger partial charge is 0.484 e. The van der Waals surface area contributed by atoms with Crippen LogP contribution in [-0.4, -0.2) is 20.7 Å². The number of amides is 1. The van der Waals surface area contributed by atoms with Crippen LogP contribution in [0.3, 0.4) is 0 Å². The molecular formula is C19H20N4O3S2. The molecule has 0 bridgehead atoms. The second-order valence-electron chi connectivity index (χ2n) is 6.67. The van der Waals surface area contributed by atoms with Gasteiger partial charge in [-0.15, -0.1) is 16.4 Å². The monoisotopic (exact) mass is 416 g/mol. The summed E-state index contributed by atoms with van der Waals surface area (Å²) in [6, 6.07) is 6.19. The first-order valence-corrected chi connectivity index (χ1v) is 10.3. The highest BCUT2D eigenvalue weighted by molar-refractivity contribution is 7.71. The zero-order valence-electron chi connectivity index (χ0n) is 15.4. The van der Waals surface area contributed by atoms with E-state index in [0.717, 1.165) is 23.5 Å². The Morgan fingerprint density at radius 2 is 2.18 bits per heavy atom. The molecule has 3 aromatic rings. The molecule has 0 spiro atoms. The molecule has 1 aliphatic rings. The highest BCUT2D eigenvalue weighted by atomic mass is 32.1. The van der Waals surface area contributed by atoms with E-state index >= 15 is 0 Å². The van der Waals surface area contributed by atoms with Gasteiger partial charge in [0.2, 0.25) is 5.91 Å². The van der Waals surface area contributed by atoms with Gasteiger partial charge in [-0.25, -0.2) is 9.67 Å². The molecule has 28 heavy (non-hydrogen) atoms. The Morgan fingerprint density at radius 1 is 1.36 bits per heavy atom. The SMILES string of the molecule is Cc1cnc(NC(=O)Cn2nc(COc3ccc4c(c3)CCCC4)oc2=S)s1. The van der Waals surface area contributed by atoms with Crippen LogP contribution in [0, 0.1) is 11.8 Å². The molecule has 7 nitrogen and oxygen atoms in total. The third-order valence-electron chi connectivity index (χ3n) is 4.49. The lowest BCUT2D eigenvalue weighted by atomic mass is 9.92. The van der Waals surface area contributed by atoms with Gasteiger partial charge in [0.25, 0.3) is 10.7 Å². The number of nitrogens with one attached hydrogen (secondary N) is 1. The molecule has 0 aliphatic heterocycles. The number of fused-ring (bicyclic) bond motifs is 1. The number of benzene rings is 1. The van der Waals surface area contributed by atoms with Gasteiger partial charge in [0.1, 0.15) is 12.3 Å². The average Bonchev–Trinajstić information content (AvgIpc) is 3.25. The predicted octanol–water partition coefficient (Wildman–Crippen LogP) is 4.07. The Hall–Kier alpha value is -2.52. The predicted molar refractivity (Wildman–Crippen MR) is 108 cm³/mol. The Kier molecular flexibility index (Phi) is 5.54. The summed E-state index contributed by atoms with van der Waals surface area (Å²) in [6.45, 7) is 2.04. The van der Waals surface area contributed by atoms with Crippen LogP contribution in [-0.2, 0) is 30.8 Å². The number of carbonyl (C=O) groups excluding carboxylic acids is 1. The lowest BCUT2D eigenvalue weighted by Gasteiger charge is -2.16. The summed E-state index contributed by atoms with van der Waals surface area (Å²) in [7, 11) is 0. The zero-order valence-corrected chi connectivity index (χ0v) is 17.1. The molecule has 0 saturated carbocycles. The van der Waals surface area contributed by atoms with E-state index in [1.165, 1.54) is 40.0 Å². The van der Waals surface area contributed by atoms with Gasteiger partial charge in [-0.1, -0.05) is 6.07 Å². The van der Waals surface area contributed by atoms with Crippen LogP contribution < -0.4 is 10.1 Å². The maximum Gasteiger partial charge on any atom is 0.287 e. The van der Waals surface area contributed by atoms with Crippen molar-refractivity contribution in [1.29, 1.82) is 0 Å². The molecule has 0 unspecified atom stereocenters. The fourth-order valence-corrected chi connectivity index (χ4v) is 4.04. The van der Waals surface area contributed by atoms with Crippen molar-refractivity contribution in [2.24, 2.45) is 0 Å². The van der Waals surface area contributed by atoms with Crippen molar-refractivity contribution in [1.82, 2.24) is 14.8 Å². The third-order valence-corrected chi connectivity index (χ3v) is 5.61. The molecule has 0 fully saturated rings. The first kappa shape index (κ1) is 18.8. The number of nitrogens with zero attached hydrogens (tertiary/aromatic N) is 3. The molecule has 2 aromatic heterocycles. The fourth-order valence-electron chi connectivity index (χ4n) is 3.16. The second kappa shape index (κ2) is 8.24. The number of anilines is 1. The van der Waals surface area contributed by atoms with Crippen LogP contribution in [0.25, 0.3) is 0 Å². The number of aromatic nitrogens is 3. The van der Waals surface area contributed by atoms with E-state index in [1.54, 1.807) is 6.20 Å². The molecule has 4 rings (SSSR count). The van der Waals surface area contributed by atoms with E-state index in [4.69, 9.17) is 21.4 Å². The number of hydrogen-bond acceptors (Lipinski definition) is 7. The van der Waals surface area contributed by atoms with Crippen molar-refractivity contribution < 1.29 is 13.9 Å². The first-order chi connectivity index (χ1) is 13.6. The van der Waals surface area contributed by atoms with Crippen LogP contribution in [0.1, 0.15) is 34.7 Å². The van der Waals surface area contributed by atoms with Crippen molar-refractivity contribution in [2.75, 3.05) is 5.32 Å². The van der Waals surface area contributed by atoms with Gasteiger partial charge in [-0.05, 0) is 68.1 Å². The second-order valence-corrected chi connectivity index (χ2v) is 8.25. The lowest BCUT2D eigenvalue weighted by molar-refractivity contribution is -0.117. The Bertz CT molecular complexity index is 1050. The van der Waals surface area contributed by atoms with Crippen LogP contribution in [0.15, 0.2) is 28.8 Å². The topological polar surface area (TPSA) is 82.2 Å². The van der Waals surface area contributed by atoms with Crippen molar-refractivity contribution >= 4 is 34.6 Å². The van der Waals surface area contributed by atoms with E-state index in [0.29, 0.717) is 11.0 Å². The first-order valence-electron chi connectivity index (χ1n) is 9.10. The minimum atomic E-state index is -0.263. The normalized spacial score (nSPS) is 13.2. The standard InChI is InChI=1S/C19H20N4O3S2/c1-12-9-20-18(28-12)21-16(24)10-23-19(27)26-17(22-23)11-25-15-7-6-13-4-2-3-5-14(13)8-15/h6-9H,2-5,10-11H2,1H3,(H,20,21,24). The Labute approximate surface area is 171 Å². The van der Waals surface area contributed by atoms with E-state index in [9.17, 15) is 4.79 Å². The lowest BCUT2D eigenvalue weighted by Crippen LogP contribution is -2.19. The fraction of sp³-hybridized carbons (Fsp3) is 0.368.